The summed E-state index contributed by atoms with van der Waals surface area (Å²) in [5, 5.41) is 16.1. The maximum Gasteiger partial charge on any atom is 0.247 e. The van der Waals surface area contributed by atoms with E-state index in [9.17, 15) is 14.7 Å². The van der Waals surface area contributed by atoms with Crippen LogP contribution in [0, 0.1) is 5.92 Å². The van der Waals surface area contributed by atoms with E-state index in [1.54, 1.807) is 12.0 Å². The predicted molar refractivity (Wildman–Crippen MR) is 160 cm³/mol. The fraction of sp³-hybridized carbons (Fsp3) is 0.324. The molecule has 5 rings (SSSR count). The van der Waals surface area contributed by atoms with E-state index in [0.29, 0.717) is 25.8 Å². The van der Waals surface area contributed by atoms with Crippen LogP contribution in [0.4, 0.5) is 5.69 Å². The number of fused-ring (bicyclic) bond motifs is 1. The zero-order chi connectivity index (χ0) is 28.8. The molecule has 7 nitrogen and oxygen atoms in total. The van der Waals surface area contributed by atoms with E-state index in [0.717, 1.165) is 28.1 Å². The zero-order valence-electron chi connectivity index (χ0n) is 23.6. The first kappa shape index (κ1) is 28.5. The van der Waals surface area contributed by atoms with Gasteiger partial charge in [-0.25, -0.2) is 5.01 Å². The van der Waals surface area contributed by atoms with Gasteiger partial charge in [-0.1, -0.05) is 85.8 Å². The van der Waals surface area contributed by atoms with Gasteiger partial charge in [-0.3, -0.25) is 9.59 Å². The molecular formula is C34H37N3O4. The third-order valence-corrected chi connectivity index (χ3v) is 7.96. The van der Waals surface area contributed by atoms with Crippen LogP contribution in [0.25, 0.3) is 0 Å². The van der Waals surface area contributed by atoms with Crippen LogP contribution in [0.5, 0.6) is 0 Å². The van der Waals surface area contributed by atoms with Crippen LogP contribution in [-0.2, 0) is 27.3 Å². The maximum absolute atomic E-state index is 13.1. The first-order valence-corrected chi connectivity index (χ1v) is 14.2. The van der Waals surface area contributed by atoms with Crippen LogP contribution in [-0.4, -0.2) is 47.3 Å². The van der Waals surface area contributed by atoms with Gasteiger partial charge < -0.3 is 14.7 Å². The minimum atomic E-state index is -0.220. The standard InChI is InChI=1S/C34H37N3O4/c1-24(9-8-14-32(39)36-22-28-13-7-6-12-27(28)21-30(36)23-38)34(41-2)26-15-17-29(18-16-26)37-33(40)20-19-31(35-37)25-10-4-3-5-11-25/h3-13,15-18,24,30,34,38H,14,19-23H2,1-2H3/b9-8+/t24-,30-,34+/m0/s1. The molecule has 0 aromatic heterocycles. The molecule has 0 saturated heterocycles. The Bertz CT molecular complexity index is 1420. The summed E-state index contributed by atoms with van der Waals surface area (Å²) in [5.74, 6) is -0.0158. The Balaban J connectivity index is 1.23. The number of hydrazone groups is 1. The molecule has 3 aromatic rings. The smallest absolute Gasteiger partial charge is 0.247 e. The highest BCUT2D eigenvalue weighted by Crippen LogP contribution is 2.30. The molecule has 3 aromatic carbocycles. The van der Waals surface area contributed by atoms with Crippen molar-refractivity contribution in [3.8, 4) is 0 Å². The normalized spacial score (nSPS) is 18.7. The van der Waals surface area contributed by atoms with Crippen molar-refractivity contribution >= 4 is 23.2 Å². The Labute approximate surface area is 241 Å². The molecule has 212 valence electrons. The number of nitrogens with zero attached hydrogens (tertiary/aromatic N) is 3. The van der Waals surface area contributed by atoms with Gasteiger partial charge in [0.05, 0.1) is 30.2 Å². The quantitative estimate of drug-likeness (QED) is 0.360. The molecular weight excluding hydrogens is 514 g/mol. The van der Waals surface area contributed by atoms with Gasteiger partial charge >= 0.3 is 0 Å². The lowest BCUT2D eigenvalue weighted by molar-refractivity contribution is -0.134. The first-order chi connectivity index (χ1) is 20.0. The van der Waals surface area contributed by atoms with Crippen molar-refractivity contribution in [3.63, 3.8) is 0 Å². The molecule has 41 heavy (non-hydrogen) atoms. The van der Waals surface area contributed by atoms with Gasteiger partial charge in [-0.2, -0.15) is 5.10 Å². The van der Waals surface area contributed by atoms with Gasteiger partial charge in [-0.05, 0) is 40.8 Å². The first-order valence-electron chi connectivity index (χ1n) is 14.2. The number of hydrogen-bond acceptors (Lipinski definition) is 5. The Morgan fingerprint density at radius 2 is 1.73 bits per heavy atom. The second-order valence-corrected chi connectivity index (χ2v) is 10.7. The third kappa shape index (κ3) is 6.47. The van der Waals surface area contributed by atoms with Crippen LogP contribution >= 0.6 is 0 Å². The molecule has 2 aliphatic heterocycles. The van der Waals surface area contributed by atoms with E-state index in [2.05, 4.69) is 18.1 Å². The Morgan fingerprint density at radius 3 is 2.44 bits per heavy atom. The van der Waals surface area contributed by atoms with E-state index >= 15 is 0 Å². The van der Waals surface area contributed by atoms with Gasteiger partial charge in [0.2, 0.25) is 11.8 Å². The minimum absolute atomic E-state index is 0.00180. The number of hydrogen-bond donors (Lipinski definition) is 1. The molecule has 2 amide bonds. The molecule has 2 heterocycles. The summed E-state index contributed by atoms with van der Waals surface area (Å²) in [6, 6.07) is 25.6. The molecule has 0 unspecified atom stereocenters. The van der Waals surface area contributed by atoms with Gasteiger partial charge in [0.1, 0.15) is 0 Å². The van der Waals surface area contributed by atoms with Crippen molar-refractivity contribution < 1.29 is 19.4 Å². The largest absolute Gasteiger partial charge is 0.394 e. The van der Waals surface area contributed by atoms with Gasteiger partial charge in [0.25, 0.3) is 0 Å². The number of amides is 2. The molecule has 0 aliphatic carbocycles. The van der Waals surface area contributed by atoms with E-state index in [1.165, 1.54) is 10.6 Å². The summed E-state index contributed by atoms with van der Waals surface area (Å²) < 4.78 is 5.84. The number of carbonyl (C=O) groups is 2. The average Bonchev–Trinajstić information content (AvgIpc) is 3.01. The van der Waals surface area contributed by atoms with Crippen LogP contribution in [0.2, 0.25) is 0 Å². The second kappa shape index (κ2) is 13.1. The van der Waals surface area contributed by atoms with Crippen LogP contribution in [0.3, 0.4) is 0 Å². The molecule has 0 saturated carbocycles. The number of carbonyl (C=O) groups excluding carboxylic acids is 2. The number of aliphatic hydroxyl groups is 1. The average molecular weight is 552 g/mol. The number of rotatable bonds is 9. The maximum atomic E-state index is 13.1. The van der Waals surface area contributed by atoms with E-state index in [-0.39, 0.29) is 42.9 Å². The van der Waals surface area contributed by atoms with E-state index in [4.69, 9.17) is 4.74 Å². The van der Waals surface area contributed by atoms with E-state index in [1.807, 2.05) is 84.9 Å². The topological polar surface area (TPSA) is 82.4 Å². The Kier molecular flexibility index (Phi) is 9.07. The summed E-state index contributed by atoms with van der Waals surface area (Å²) in [6.45, 7) is 2.53. The Morgan fingerprint density at radius 1 is 1.02 bits per heavy atom. The molecule has 0 spiro atoms. The molecule has 7 heteroatoms. The predicted octanol–water partition coefficient (Wildman–Crippen LogP) is 5.43. The highest BCUT2D eigenvalue weighted by Gasteiger charge is 2.29. The zero-order valence-corrected chi connectivity index (χ0v) is 23.6. The SMILES string of the molecule is CO[C@@H](c1ccc(N2N=C(c3ccccc3)CCC2=O)cc1)[C@@H](C)/C=C/CC(=O)N1Cc2ccccc2C[C@H]1CO. The minimum Gasteiger partial charge on any atom is -0.394 e. The number of ether oxygens (including phenoxy) is 1. The molecule has 1 N–H and O–H groups in total. The van der Waals surface area contributed by atoms with Crippen molar-refractivity contribution in [1.29, 1.82) is 0 Å². The summed E-state index contributed by atoms with van der Waals surface area (Å²) in [4.78, 5) is 27.6. The molecule has 0 fully saturated rings. The number of aliphatic hydroxyl groups excluding tert-OH is 1. The van der Waals surface area contributed by atoms with Crippen LogP contribution < -0.4 is 5.01 Å². The highest BCUT2D eigenvalue weighted by atomic mass is 16.5. The Hall–Kier alpha value is -4.07. The molecule has 0 bridgehead atoms. The second-order valence-electron chi connectivity index (χ2n) is 10.7. The van der Waals surface area contributed by atoms with Crippen molar-refractivity contribution in [2.45, 2.75) is 51.3 Å². The van der Waals surface area contributed by atoms with Crippen molar-refractivity contribution in [2.75, 3.05) is 18.7 Å². The number of benzene rings is 3. The lowest BCUT2D eigenvalue weighted by Crippen LogP contribution is -2.46. The monoisotopic (exact) mass is 551 g/mol. The number of anilines is 1. The highest BCUT2D eigenvalue weighted by molar-refractivity contribution is 6.08. The van der Waals surface area contributed by atoms with Crippen molar-refractivity contribution in [2.24, 2.45) is 11.0 Å². The lowest BCUT2D eigenvalue weighted by atomic mass is 9.93. The lowest BCUT2D eigenvalue weighted by Gasteiger charge is -2.36. The molecule has 3 atom stereocenters. The van der Waals surface area contributed by atoms with Gasteiger partial charge in [0.15, 0.2) is 0 Å². The molecule has 0 radical (unpaired) electrons. The summed E-state index contributed by atoms with van der Waals surface area (Å²) in [7, 11) is 1.68. The summed E-state index contributed by atoms with van der Waals surface area (Å²) in [6.07, 6.45) is 5.66. The number of methoxy groups -OCH3 is 1. The van der Waals surface area contributed by atoms with Crippen molar-refractivity contribution in [1.82, 2.24) is 4.90 Å². The van der Waals surface area contributed by atoms with Crippen LogP contribution in [0.15, 0.2) is 96.1 Å². The van der Waals surface area contributed by atoms with Gasteiger partial charge in [-0.15, -0.1) is 0 Å². The fourth-order valence-corrected chi connectivity index (χ4v) is 5.70. The third-order valence-electron chi connectivity index (χ3n) is 7.96. The van der Waals surface area contributed by atoms with Crippen LogP contribution in [0.1, 0.15) is 54.5 Å². The van der Waals surface area contributed by atoms with Gasteiger partial charge in [0, 0.05) is 38.8 Å². The van der Waals surface area contributed by atoms with E-state index < -0.39 is 0 Å². The summed E-state index contributed by atoms with van der Waals surface area (Å²) >= 11 is 0. The molecule has 2 aliphatic rings. The fourth-order valence-electron chi connectivity index (χ4n) is 5.70. The summed E-state index contributed by atoms with van der Waals surface area (Å²) in [5.41, 5.74) is 5.95. The van der Waals surface area contributed by atoms with Crippen molar-refractivity contribution in [3.05, 3.63) is 113 Å².